The summed E-state index contributed by atoms with van der Waals surface area (Å²) in [6.45, 7) is 7.45. The molecule has 0 atom stereocenters. The highest BCUT2D eigenvalue weighted by Crippen LogP contribution is 2.24. The van der Waals surface area contributed by atoms with E-state index in [0.717, 1.165) is 61.4 Å². The van der Waals surface area contributed by atoms with E-state index in [2.05, 4.69) is 19.8 Å². The summed E-state index contributed by atoms with van der Waals surface area (Å²) >= 11 is 0. The zero-order valence-corrected chi connectivity index (χ0v) is 18.9. The predicted octanol–water partition coefficient (Wildman–Crippen LogP) is 3.79. The van der Waals surface area contributed by atoms with Crippen molar-refractivity contribution in [3.05, 3.63) is 59.8 Å². The van der Waals surface area contributed by atoms with E-state index in [4.69, 9.17) is 4.98 Å². The summed E-state index contributed by atoms with van der Waals surface area (Å²) in [6, 6.07) is 10.7. The molecule has 4 rings (SSSR count). The topological polar surface area (TPSA) is 63.1 Å². The number of likely N-dealkylation sites (tertiary alicyclic amines) is 1. The third kappa shape index (κ3) is 5.71. The minimum absolute atomic E-state index is 0.129. The number of fused-ring (bicyclic) bond motifs is 1. The largest absolute Gasteiger partial charge is 0.354 e. The van der Waals surface area contributed by atoms with Gasteiger partial charge in [0.15, 0.2) is 5.65 Å². The molecule has 1 saturated heterocycles. The molecule has 1 fully saturated rings. The number of pyridine rings is 1. The highest BCUT2D eigenvalue weighted by Gasteiger charge is 2.23. The Hall–Kier alpha value is -2.80. The summed E-state index contributed by atoms with van der Waals surface area (Å²) in [6.07, 6.45) is 5.45. The summed E-state index contributed by atoms with van der Waals surface area (Å²) < 4.78 is 15.5. The van der Waals surface area contributed by atoms with Crippen molar-refractivity contribution in [1.29, 1.82) is 0 Å². The van der Waals surface area contributed by atoms with Crippen molar-refractivity contribution in [3.8, 4) is 0 Å². The normalized spacial score (nSPS) is 15.5. The van der Waals surface area contributed by atoms with E-state index in [0.29, 0.717) is 18.9 Å². The first-order valence-corrected chi connectivity index (χ1v) is 11.5. The van der Waals surface area contributed by atoms with Crippen LogP contribution >= 0.6 is 0 Å². The number of nitrogens with one attached hydrogen (secondary N) is 1. The molecule has 0 aliphatic carbocycles. The molecule has 2 aromatic heterocycles. The Balaban J connectivity index is 1.39. The van der Waals surface area contributed by atoms with Crippen LogP contribution in [0.5, 0.6) is 0 Å². The Morgan fingerprint density at radius 3 is 2.66 bits per heavy atom. The van der Waals surface area contributed by atoms with Crippen molar-refractivity contribution in [2.45, 2.75) is 52.1 Å². The van der Waals surface area contributed by atoms with E-state index in [1.165, 1.54) is 12.1 Å². The van der Waals surface area contributed by atoms with Crippen molar-refractivity contribution in [1.82, 2.24) is 24.8 Å². The molecular weight excluding hydrogens is 405 g/mol. The van der Waals surface area contributed by atoms with Gasteiger partial charge in [-0.25, -0.2) is 14.4 Å². The van der Waals surface area contributed by atoms with Crippen LogP contribution in [-0.4, -0.2) is 51.0 Å². The van der Waals surface area contributed by atoms with Crippen LogP contribution in [0.3, 0.4) is 0 Å². The molecule has 32 heavy (non-hydrogen) atoms. The molecule has 0 radical (unpaired) electrons. The molecule has 1 aliphatic rings. The third-order valence-electron chi connectivity index (χ3n) is 6.12. The maximum absolute atomic E-state index is 13.3. The molecule has 1 amide bonds. The van der Waals surface area contributed by atoms with E-state index < -0.39 is 0 Å². The lowest BCUT2D eigenvalue weighted by Gasteiger charge is -2.31. The summed E-state index contributed by atoms with van der Waals surface area (Å²) in [5.74, 6) is 1.50. The van der Waals surface area contributed by atoms with Crippen molar-refractivity contribution in [3.63, 3.8) is 0 Å². The quantitative estimate of drug-likeness (QED) is 0.582. The van der Waals surface area contributed by atoms with Crippen LogP contribution in [0.15, 0.2) is 42.6 Å². The number of rotatable bonds is 8. The number of halogens is 1. The first-order valence-electron chi connectivity index (χ1n) is 11.5. The van der Waals surface area contributed by atoms with Crippen LogP contribution < -0.4 is 5.32 Å². The first kappa shape index (κ1) is 22.4. The van der Waals surface area contributed by atoms with E-state index in [-0.39, 0.29) is 17.8 Å². The number of hydrogen-bond donors (Lipinski definition) is 1. The number of piperidine rings is 1. The van der Waals surface area contributed by atoms with Crippen LogP contribution in [0.2, 0.25) is 0 Å². The van der Waals surface area contributed by atoms with E-state index in [1.54, 1.807) is 6.20 Å². The zero-order valence-electron chi connectivity index (χ0n) is 18.9. The number of imidazole rings is 1. The molecule has 170 valence electrons. The van der Waals surface area contributed by atoms with Gasteiger partial charge in [0.1, 0.15) is 17.2 Å². The smallest absolute Gasteiger partial charge is 0.221 e. The molecule has 1 aliphatic heterocycles. The second-order valence-corrected chi connectivity index (χ2v) is 9.05. The molecule has 7 heteroatoms. The fourth-order valence-corrected chi connectivity index (χ4v) is 4.43. The fraction of sp³-hybridized carbons (Fsp3) is 0.480. The molecule has 0 bridgehead atoms. The lowest BCUT2D eigenvalue weighted by Crippen LogP contribution is -2.38. The number of aromatic nitrogens is 3. The molecule has 1 N–H and O–H groups in total. The van der Waals surface area contributed by atoms with Crippen molar-refractivity contribution < 1.29 is 9.18 Å². The van der Waals surface area contributed by atoms with Gasteiger partial charge in [-0.05, 0) is 75.5 Å². The van der Waals surface area contributed by atoms with Crippen LogP contribution in [0.4, 0.5) is 4.39 Å². The van der Waals surface area contributed by atoms with Gasteiger partial charge < -0.3 is 14.8 Å². The van der Waals surface area contributed by atoms with Gasteiger partial charge in [-0.15, -0.1) is 0 Å². The lowest BCUT2D eigenvalue weighted by molar-refractivity contribution is -0.122. The minimum Gasteiger partial charge on any atom is -0.354 e. The van der Waals surface area contributed by atoms with Crippen LogP contribution in [0.25, 0.3) is 11.2 Å². The molecule has 3 heterocycles. The minimum atomic E-state index is -0.226. The van der Waals surface area contributed by atoms with Gasteiger partial charge in [0.05, 0.1) is 6.54 Å². The number of benzene rings is 1. The molecule has 0 unspecified atom stereocenters. The Morgan fingerprint density at radius 2 is 1.94 bits per heavy atom. The van der Waals surface area contributed by atoms with Gasteiger partial charge in [-0.3, -0.25) is 4.79 Å². The zero-order chi connectivity index (χ0) is 22.5. The molecule has 0 spiro atoms. The Morgan fingerprint density at radius 1 is 1.19 bits per heavy atom. The van der Waals surface area contributed by atoms with Gasteiger partial charge in [0.2, 0.25) is 5.91 Å². The average molecular weight is 438 g/mol. The SMILES string of the molecule is CC(C)NC(=O)CCN1CCC(Cc2nc3cccnc3n2Cc2ccc(F)cc2)CC1. The van der Waals surface area contributed by atoms with Crippen molar-refractivity contribution in [2.24, 2.45) is 5.92 Å². The molecular formula is C25H32FN5O. The van der Waals surface area contributed by atoms with Crippen molar-refractivity contribution in [2.75, 3.05) is 19.6 Å². The van der Waals surface area contributed by atoms with E-state index in [1.807, 2.05) is 38.1 Å². The number of amides is 1. The number of carbonyl (C=O) groups excluding carboxylic acids is 1. The van der Waals surface area contributed by atoms with Crippen LogP contribution in [0.1, 0.15) is 44.5 Å². The highest BCUT2D eigenvalue weighted by atomic mass is 19.1. The lowest BCUT2D eigenvalue weighted by atomic mass is 9.93. The standard InChI is InChI=1S/C25H32FN5O/c1-18(2)28-24(32)11-15-30-13-9-19(10-14-30)16-23-29-22-4-3-12-27-25(22)31(23)17-20-5-7-21(26)8-6-20/h3-8,12,18-19H,9-11,13-17H2,1-2H3,(H,28,32). The molecule has 1 aromatic carbocycles. The highest BCUT2D eigenvalue weighted by molar-refractivity contribution is 5.76. The first-order chi connectivity index (χ1) is 15.5. The predicted molar refractivity (Wildman–Crippen MR) is 124 cm³/mol. The summed E-state index contributed by atoms with van der Waals surface area (Å²) in [7, 11) is 0. The second-order valence-electron chi connectivity index (χ2n) is 9.05. The van der Waals surface area contributed by atoms with Crippen LogP contribution in [0, 0.1) is 11.7 Å². The molecule has 0 saturated carbocycles. The molecule has 3 aromatic rings. The monoisotopic (exact) mass is 437 g/mol. The Labute approximate surface area is 188 Å². The Bertz CT molecular complexity index is 1040. The number of nitrogens with zero attached hydrogens (tertiary/aromatic N) is 4. The maximum atomic E-state index is 13.3. The molecule has 6 nitrogen and oxygen atoms in total. The fourth-order valence-electron chi connectivity index (χ4n) is 4.43. The van der Waals surface area contributed by atoms with Crippen molar-refractivity contribution >= 4 is 17.1 Å². The number of carbonyl (C=O) groups is 1. The summed E-state index contributed by atoms with van der Waals surface area (Å²) in [4.78, 5) is 23.8. The summed E-state index contributed by atoms with van der Waals surface area (Å²) in [5.41, 5.74) is 2.81. The van der Waals surface area contributed by atoms with E-state index >= 15 is 0 Å². The third-order valence-corrected chi connectivity index (χ3v) is 6.12. The van der Waals surface area contributed by atoms with Gasteiger partial charge in [-0.2, -0.15) is 0 Å². The van der Waals surface area contributed by atoms with Gasteiger partial charge in [0.25, 0.3) is 0 Å². The summed E-state index contributed by atoms with van der Waals surface area (Å²) in [5, 5.41) is 2.96. The van der Waals surface area contributed by atoms with Gasteiger partial charge >= 0.3 is 0 Å². The maximum Gasteiger partial charge on any atom is 0.221 e. The Kier molecular flexibility index (Phi) is 7.15. The van der Waals surface area contributed by atoms with Gasteiger partial charge in [-0.1, -0.05) is 12.1 Å². The second kappa shape index (κ2) is 10.2. The van der Waals surface area contributed by atoms with E-state index in [9.17, 15) is 9.18 Å². The average Bonchev–Trinajstić information content (AvgIpc) is 3.11. The van der Waals surface area contributed by atoms with Crippen LogP contribution in [-0.2, 0) is 17.8 Å². The van der Waals surface area contributed by atoms with Gasteiger partial charge in [0, 0.05) is 31.6 Å². The number of hydrogen-bond acceptors (Lipinski definition) is 4.